The number of rotatable bonds is 6. The van der Waals surface area contributed by atoms with E-state index < -0.39 is 15.9 Å². The van der Waals surface area contributed by atoms with Crippen molar-refractivity contribution in [1.29, 1.82) is 0 Å². The van der Waals surface area contributed by atoms with Gasteiger partial charge in [0.25, 0.3) is 15.9 Å². The van der Waals surface area contributed by atoms with Gasteiger partial charge < -0.3 is 5.32 Å². The van der Waals surface area contributed by atoms with E-state index in [1.807, 2.05) is 12.1 Å². The average Bonchev–Trinajstić information content (AvgIpc) is 2.61. The van der Waals surface area contributed by atoms with Crippen LogP contribution in [0.25, 0.3) is 0 Å². The summed E-state index contributed by atoms with van der Waals surface area (Å²) in [6, 6.07) is 12.6. The Kier molecular flexibility index (Phi) is 6.18. The molecular weight excluding hydrogens is 364 g/mol. The van der Waals surface area contributed by atoms with Gasteiger partial charge in [-0.2, -0.15) is 0 Å². The Morgan fingerprint density at radius 3 is 2.52 bits per heavy atom. The zero-order valence-corrected chi connectivity index (χ0v) is 15.6. The Hall–Kier alpha value is -1.93. The van der Waals surface area contributed by atoms with E-state index in [4.69, 9.17) is 16.4 Å². The maximum atomic E-state index is 12.5. The number of amides is 1. The monoisotopic (exact) mass is 382 g/mol. The third-order valence-electron chi connectivity index (χ3n) is 3.71. The number of carbonyl (C=O) groups is 1. The molecule has 25 heavy (non-hydrogen) atoms. The Balaban J connectivity index is 2.24. The molecule has 134 valence electrons. The lowest BCUT2D eigenvalue weighted by Crippen LogP contribution is -2.28. The molecule has 0 aliphatic heterocycles. The fourth-order valence-electron chi connectivity index (χ4n) is 2.23. The van der Waals surface area contributed by atoms with Crippen molar-refractivity contribution in [2.24, 2.45) is 0 Å². The first-order chi connectivity index (χ1) is 11.8. The maximum absolute atomic E-state index is 12.5. The average molecular weight is 383 g/mol. The summed E-state index contributed by atoms with van der Waals surface area (Å²) in [6.45, 7) is 1.80. The Morgan fingerprint density at radius 1 is 1.20 bits per heavy atom. The molecule has 1 unspecified atom stereocenters. The van der Waals surface area contributed by atoms with Gasteiger partial charge in [-0.1, -0.05) is 40.3 Å². The van der Waals surface area contributed by atoms with E-state index in [0.29, 0.717) is 5.02 Å². The summed E-state index contributed by atoms with van der Waals surface area (Å²) in [7, 11) is -1.29. The van der Waals surface area contributed by atoms with E-state index in [1.54, 1.807) is 25.1 Å². The predicted octanol–water partition coefficient (Wildman–Crippen LogP) is 3.01. The lowest BCUT2D eigenvalue weighted by molar-refractivity contribution is -0.0258. The molecule has 0 saturated carbocycles. The van der Waals surface area contributed by atoms with Crippen molar-refractivity contribution in [2.45, 2.75) is 17.9 Å². The first-order valence-electron chi connectivity index (χ1n) is 7.45. The zero-order valence-electron chi connectivity index (χ0n) is 14.1. The zero-order chi connectivity index (χ0) is 18.6. The molecule has 0 saturated heterocycles. The second-order valence-electron chi connectivity index (χ2n) is 5.34. The number of hydrogen-bond donors (Lipinski definition) is 1. The fraction of sp³-hybridized carbons (Fsp3) is 0.235. The van der Waals surface area contributed by atoms with Gasteiger partial charge in [-0.25, -0.2) is 8.42 Å². The van der Waals surface area contributed by atoms with E-state index in [0.717, 1.165) is 10.0 Å². The number of hydroxylamine groups is 1. The van der Waals surface area contributed by atoms with Crippen LogP contribution in [0.15, 0.2) is 53.4 Å². The number of sulfonamides is 1. The van der Waals surface area contributed by atoms with Crippen LogP contribution in [0.5, 0.6) is 0 Å². The summed E-state index contributed by atoms with van der Waals surface area (Å²) in [6.07, 6.45) is 0. The van der Waals surface area contributed by atoms with Crippen molar-refractivity contribution in [1.82, 2.24) is 9.79 Å². The predicted molar refractivity (Wildman–Crippen MR) is 95.7 cm³/mol. The third-order valence-corrected chi connectivity index (χ3v) is 5.73. The first-order valence-corrected chi connectivity index (χ1v) is 9.27. The summed E-state index contributed by atoms with van der Waals surface area (Å²) in [5, 5.41) is 3.36. The second kappa shape index (κ2) is 7.97. The molecule has 0 aromatic heterocycles. The number of carbonyl (C=O) groups excluding carboxylic acids is 1. The van der Waals surface area contributed by atoms with Crippen LogP contribution >= 0.6 is 11.6 Å². The SMILES string of the molecule is CON(C)S(=O)(=O)c1cccc(C(=O)NC(C)c2ccccc2Cl)c1. The Labute approximate surface area is 152 Å². The molecule has 0 bridgehead atoms. The smallest absolute Gasteiger partial charge is 0.264 e. The molecule has 2 aromatic rings. The Bertz CT molecular complexity index is 870. The summed E-state index contributed by atoms with van der Waals surface area (Å²) in [5.41, 5.74) is 1.00. The minimum absolute atomic E-state index is 0.0325. The highest BCUT2D eigenvalue weighted by Crippen LogP contribution is 2.23. The molecule has 6 nitrogen and oxygen atoms in total. The molecule has 1 N–H and O–H groups in total. The van der Waals surface area contributed by atoms with Gasteiger partial charge >= 0.3 is 0 Å². The van der Waals surface area contributed by atoms with Crippen molar-refractivity contribution in [3.05, 3.63) is 64.7 Å². The topological polar surface area (TPSA) is 75.7 Å². The molecule has 2 rings (SSSR count). The van der Waals surface area contributed by atoms with Gasteiger partial charge in [0.05, 0.1) is 18.0 Å². The molecule has 0 fully saturated rings. The van der Waals surface area contributed by atoms with E-state index >= 15 is 0 Å². The minimum atomic E-state index is -3.82. The number of hydrogen-bond acceptors (Lipinski definition) is 4. The summed E-state index contributed by atoms with van der Waals surface area (Å²) in [5.74, 6) is -0.399. The van der Waals surface area contributed by atoms with Gasteiger partial charge in [-0.15, -0.1) is 0 Å². The highest BCUT2D eigenvalue weighted by atomic mass is 35.5. The molecule has 0 aliphatic carbocycles. The second-order valence-corrected chi connectivity index (χ2v) is 7.68. The normalized spacial score (nSPS) is 12.8. The molecule has 0 spiro atoms. The molecule has 1 amide bonds. The number of nitrogens with one attached hydrogen (secondary N) is 1. The van der Waals surface area contributed by atoms with Gasteiger partial charge in [-0.3, -0.25) is 9.63 Å². The lowest BCUT2D eigenvalue weighted by atomic mass is 10.1. The fourth-order valence-corrected chi connectivity index (χ4v) is 3.55. The molecule has 0 radical (unpaired) electrons. The molecule has 0 heterocycles. The van der Waals surface area contributed by atoms with Gasteiger partial charge in [0, 0.05) is 17.6 Å². The number of halogens is 1. The third kappa shape index (κ3) is 4.38. The molecule has 2 aromatic carbocycles. The molecule has 8 heteroatoms. The standard InChI is InChI=1S/C17H19ClN2O4S/c1-12(15-9-4-5-10-16(15)18)19-17(21)13-7-6-8-14(11-13)25(22,23)20(2)24-3/h4-12H,1-3H3,(H,19,21). The number of benzene rings is 2. The van der Waals surface area contributed by atoms with Crippen molar-refractivity contribution in [3.63, 3.8) is 0 Å². The highest BCUT2D eigenvalue weighted by molar-refractivity contribution is 7.89. The largest absolute Gasteiger partial charge is 0.345 e. The van der Waals surface area contributed by atoms with Crippen molar-refractivity contribution < 1.29 is 18.0 Å². The van der Waals surface area contributed by atoms with E-state index in [-0.39, 0.29) is 16.5 Å². The molecule has 1 atom stereocenters. The molecule has 0 aliphatic rings. The van der Waals surface area contributed by atoms with Gasteiger partial charge in [0.1, 0.15) is 0 Å². The molecular formula is C17H19ClN2O4S. The summed E-state index contributed by atoms with van der Waals surface area (Å²) >= 11 is 6.13. The number of nitrogens with zero attached hydrogens (tertiary/aromatic N) is 1. The van der Waals surface area contributed by atoms with Crippen molar-refractivity contribution >= 4 is 27.5 Å². The maximum Gasteiger partial charge on any atom is 0.264 e. The van der Waals surface area contributed by atoms with Crippen LogP contribution in [0, 0.1) is 0 Å². The highest BCUT2D eigenvalue weighted by Gasteiger charge is 2.22. The van der Waals surface area contributed by atoms with Crippen molar-refractivity contribution in [2.75, 3.05) is 14.2 Å². The lowest BCUT2D eigenvalue weighted by Gasteiger charge is -2.17. The van der Waals surface area contributed by atoms with Crippen LogP contribution in [0.3, 0.4) is 0 Å². The summed E-state index contributed by atoms with van der Waals surface area (Å²) < 4.78 is 25.3. The van der Waals surface area contributed by atoms with Crippen LogP contribution in [-0.4, -0.2) is 33.0 Å². The Morgan fingerprint density at radius 2 is 1.88 bits per heavy atom. The van der Waals surface area contributed by atoms with Crippen LogP contribution in [-0.2, 0) is 14.9 Å². The van der Waals surface area contributed by atoms with Crippen molar-refractivity contribution in [3.8, 4) is 0 Å². The van der Waals surface area contributed by atoms with E-state index in [9.17, 15) is 13.2 Å². The van der Waals surface area contributed by atoms with Crippen LogP contribution in [0.4, 0.5) is 0 Å². The first kappa shape index (κ1) is 19.4. The van der Waals surface area contributed by atoms with E-state index in [2.05, 4.69) is 5.32 Å². The van der Waals surface area contributed by atoms with Crippen LogP contribution in [0.2, 0.25) is 5.02 Å². The van der Waals surface area contributed by atoms with Gasteiger partial charge in [0.15, 0.2) is 0 Å². The summed E-state index contributed by atoms with van der Waals surface area (Å²) in [4.78, 5) is 17.2. The minimum Gasteiger partial charge on any atom is -0.345 e. The van der Waals surface area contributed by atoms with Crippen LogP contribution in [0.1, 0.15) is 28.9 Å². The quantitative estimate of drug-likeness (QED) is 0.779. The van der Waals surface area contributed by atoms with Crippen LogP contribution < -0.4 is 5.32 Å². The van der Waals surface area contributed by atoms with E-state index in [1.165, 1.54) is 32.4 Å². The van der Waals surface area contributed by atoms with Gasteiger partial charge in [0.2, 0.25) is 0 Å². The van der Waals surface area contributed by atoms with Gasteiger partial charge in [-0.05, 0) is 36.8 Å².